The lowest BCUT2D eigenvalue weighted by molar-refractivity contribution is -0.141. The van der Waals surface area contributed by atoms with Gasteiger partial charge in [-0.2, -0.15) is 13.2 Å². The monoisotopic (exact) mass is 472 g/mol. The number of nitrogens with zero attached hydrogens (tertiary/aromatic N) is 2. The normalized spacial score (nSPS) is 17.7. The van der Waals surface area contributed by atoms with Crippen molar-refractivity contribution in [3.8, 4) is 5.75 Å². The maximum Gasteiger partial charge on any atom is 0.434 e. The number of rotatable bonds is 6. The number of anilines is 1. The number of halogens is 5. The molecule has 2 fully saturated rings. The number of benzene rings is 1. The number of methoxy groups -OCH3 is 1. The summed E-state index contributed by atoms with van der Waals surface area (Å²) in [5.74, 6) is -0.695. The molecule has 1 aliphatic heterocycles. The van der Waals surface area contributed by atoms with Gasteiger partial charge >= 0.3 is 12.1 Å². The molecule has 0 amide bonds. The molecule has 1 aromatic heterocycles. The van der Waals surface area contributed by atoms with E-state index in [1.807, 2.05) is 6.92 Å². The fourth-order valence-electron chi connectivity index (χ4n) is 3.86. The molecule has 10 heteroatoms. The van der Waals surface area contributed by atoms with Crippen molar-refractivity contribution in [1.82, 2.24) is 4.98 Å². The Morgan fingerprint density at radius 3 is 2.56 bits per heavy atom. The highest BCUT2D eigenvalue weighted by Gasteiger charge is 2.42. The van der Waals surface area contributed by atoms with Gasteiger partial charge in [-0.15, -0.1) is 0 Å². The zero-order valence-corrected chi connectivity index (χ0v) is 18.2. The Morgan fingerprint density at radius 1 is 1.28 bits per heavy atom. The molecule has 5 nitrogen and oxygen atoms in total. The Kier molecular flexibility index (Phi) is 5.73. The first-order valence-electron chi connectivity index (χ1n) is 10.0. The summed E-state index contributed by atoms with van der Waals surface area (Å²) in [5.41, 5.74) is -0.840. The van der Waals surface area contributed by atoms with E-state index in [4.69, 9.17) is 16.3 Å². The van der Waals surface area contributed by atoms with Gasteiger partial charge in [0.15, 0.2) is 5.69 Å². The summed E-state index contributed by atoms with van der Waals surface area (Å²) in [7, 11) is 1.19. The fourth-order valence-corrected chi connectivity index (χ4v) is 4.08. The van der Waals surface area contributed by atoms with Crippen LogP contribution < -0.4 is 9.64 Å². The van der Waals surface area contributed by atoms with Gasteiger partial charge in [-0.25, -0.2) is 14.2 Å². The second-order valence-electron chi connectivity index (χ2n) is 8.59. The summed E-state index contributed by atoms with van der Waals surface area (Å²) < 4.78 is 64.2. The number of carbonyl (C=O) groups is 1. The zero-order valence-electron chi connectivity index (χ0n) is 17.4. The van der Waals surface area contributed by atoms with E-state index in [0.29, 0.717) is 18.8 Å². The van der Waals surface area contributed by atoms with Crippen LogP contribution in [0.2, 0.25) is 5.02 Å². The molecule has 1 aromatic carbocycles. The molecule has 4 rings (SSSR count). The van der Waals surface area contributed by atoms with Crippen LogP contribution in [0.4, 0.5) is 23.4 Å². The Hall–Kier alpha value is -2.55. The third kappa shape index (κ3) is 4.48. The number of carbonyl (C=O) groups excluding carboxylic acids is 1. The van der Waals surface area contributed by atoms with Gasteiger partial charge in [0.2, 0.25) is 0 Å². The molecule has 0 spiro atoms. The standard InChI is InChI=1S/C22H21ClF4N2O3/c1-21(9-29(10-21)18-6-5-15(23)19(28-18)22(25,26)27)11-32-17-8-16(24)14(20(30)31-2)7-13(17)12-3-4-12/h5-8,12H,3-4,9-11H2,1-2H3. The van der Waals surface area contributed by atoms with Crippen LogP contribution in [0.25, 0.3) is 0 Å². The van der Waals surface area contributed by atoms with Crippen LogP contribution in [0.5, 0.6) is 5.75 Å². The summed E-state index contributed by atoms with van der Waals surface area (Å²) in [6.45, 7) is 3.00. The minimum atomic E-state index is -4.63. The van der Waals surface area contributed by atoms with E-state index in [2.05, 4.69) is 9.72 Å². The largest absolute Gasteiger partial charge is 0.492 e. The van der Waals surface area contributed by atoms with E-state index >= 15 is 0 Å². The molecule has 172 valence electrons. The highest BCUT2D eigenvalue weighted by molar-refractivity contribution is 6.31. The van der Waals surface area contributed by atoms with Crippen molar-refractivity contribution in [2.24, 2.45) is 5.41 Å². The maximum atomic E-state index is 14.4. The van der Waals surface area contributed by atoms with Crippen molar-refractivity contribution in [2.75, 3.05) is 31.7 Å². The van der Waals surface area contributed by atoms with Crippen molar-refractivity contribution in [3.05, 3.63) is 51.9 Å². The second kappa shape index (κ2) is 8.10. The van der Waals surface area contributed by atoms with Gasteiger partial charge in [0.1, 0.15) is 17.4 Å². The number of hydrogen-bond acceptors (Lipinski definition) is 5. The second-order valence-corrected chi connectivity index (χ2v) is 9.00. The lowest BCUT2D eigenvalue weighted by atomic mass is 9.83. The third-order valence-electron chi connectivity index (χ3n) is 5.67. The molecule has 1 aliphatic carbocycles. The predicted octanol–water partition coefficient (Wildman–Crippen LogP) is 5.46. The highest BCUT2D eigenvalue weighted by Crippen LogP contribution is 2.46. The number of ether oxygens (including phenoxy) is 2. The lowest BCUT2D eigenvalue weighted by Gasteiger charge is -2.48. The van der Waals surface area contributed by atoms with Crippen LogP contribution in [0.3, 0.4) is 0 Å². The van der Waals surface area contributed by atoms with Gasteiger partial charge in [-0.1, -0.05) is 18.5 Å². The summed E-state index contributed by atoms with van der Waals surface area (Å²) in [6, 6.07) is 5.33. The third-order valence-corrected chi connectivity index (χ3v) is 5.97. The highest BCUT2D eigenvalue weighted by atomic mass is 35.5. The summed E-state index contributed by atoms with van der Waals surface area (Å²) in [6.07, 6.45) is -2.78. The Bertz CT molecular complexity index is 1050. The topological polar surface area (TPSA) is 51.7 Å². The SMILES string of the molecule is COC(=O)c1cc(C2CC2)c(OCC2(C)CN(c3ccc(Cl)c(C(F)(F)F)n3)C2)cc1F. The molecule has 32 heavy (non-hydrogen) atoms. The summed E-state index contributed by atoms with van der Waals surface area (Å²) >= 11 is 5.64. The number of hydrogen-bond donors (Lipinski definition) is 0. The van der Waals surface area contributed by atoms with E-state index in [1.165, 1.54) is 31.4 Å². The first kappa shape index (κ1) is 22.6. The van der Waals surface area contributed by atoms with Crippen LogP contribution in [-0.2, 0) is 10.9 Å². The fraction of sp³-hybridized carbons (Fsp3) is 0.455. The maximum absolute atomic E-state index is 14.4. The van der Waals surface area contributed by atoms with Crippen molar-refractivity contribution < 1.29 is 31.8 Å². The van der Waals surface area contributed by atoms with E-state index in [1.54, 1.807) is 4.90 Å². The molecule has 0 radical (unpaired) electrons. The number of esters is 1. The van der Waals surface area contributed by atoms with Crippen LogP contribution in [0, 0.1) is 11.2 Å². The lowest BCUT2D eigenvalue weighted by Crippen LogP contribution is -2.58. The number of pyridine rings is 1. The molecule has 0 unspecified atom stereocenters. The average Bonchev–Trinajstić information content (AvgIpc) is 3.54. The molecule has 1 saturated carbocycles. The van der Waals surface area contributed by atoms with Crippen LogP contribution in [0.1, 0.15) is 47.3 Å². The van der Waals surface area contributed by atoms with E-state index in [0.717, 1.165) is 18.4 Å². The van der Waals surface area contributed by atoms with Gasteiger partial charge in [0.05, 0.1) is 24.3 Å². The van der Waals surface area contributed by atoms with Gasteiger partial charge in [0, 0.05) is 24.6 Å². The summed E-state index contributed by atoms with van der Waals surface area (Å²) in [4.78, 5) is 17.2. The molecule has 0 bridgehead atoms. The molecule has 0 atom stereocenters. The molecule has 0 N–H and O–H groups in total. The molecule has 1 saturated heterocycles. The Morgan fingerprint density at radius 2 is 1.97 bits per heavy atom. The van der Waals surface area contributed by atoms with Crippen LogP contribution in [-0.4, -0.2) is 37.8 Å². The Labute approximate surface area is 187 Å². The van der Waals surface area contributed by atoms with E-state index in [-0.39, 0.29) is 29.3 Å². The van der Waals surface area contributed by atoms with Crippen molar-refractivity contribution in [3.63, 3.8) is 0 Å². The minimum Gasteiger partial charge on any atom is -0.492 e. The zero-order chi connectivity index (χ0) is 23.3. The van der Waals surface area contributed by atoms with Crippen LogP contribution in [0.15, 0.2) is 24.3 Å². The Balaban J connectivity index is 1.45. The molecule has 2 heterocycles. The number of alkyl halides is 3. The molecule has 2 aromatic rings. The number of aromatic nitrogens is 1. The summed E-state index contributed by atoms with van der Waals surface area (Å²) in [5, 5.41) is -0.446. The van der Waals surface area contributed by atoms with Crippen LogP contribution >= 0.6 is 11.6 Å². The molecular formula is C22H21ClF4N2O3. The first-order chi connectivity index (χ1) is 15.0. The van der Waals surface area contributed by atoms with Crippen molar-refractivity contribution in [2.45, 2.75) is 31.9 Å². The van der Waals surface area contributed by atoms with E-state index in [9.17, 15) is 22.4 Å². The predicted molar refractivity (Wildman–Crippen MR) is 110 cm³/mol. The van der Waals surface area contributed by atoms with E-state index < -0.39 is 28.7 Å². The average molecular weight is 473 g/mol. The van der Waals surface area contributed by atoms with Crippen molar-refractivity contribution >= 4 is 23.4 Å². The quantitative estimate of drug-likeness (QED) is 0.412. The van der Waals surface area contributed by atoms with Gasteiger partial charge in [-0.3, -0.25) is 0 Å². The van der Waals surface area contributed by atoms with Gasteiger partial charge in [0.25, 0.3) is 0 Å². The van der Waals surface area contributed by atoms with Crippen molar-refractivity contribution in [1.29, 1.82) is 0 Å². The minimum absolute atomic E-state index is 0.128. The molecule has 2 aliphatic rings. The van der Waals surface area contributed by atoms with Gasteiger partial charge < -0.3 is 14.4 Å². The smallest absolute Gasteiger partial charge is 0.434 e. The molecular weight excluding hydrogens is 452 g/mol. The first-order valence-corrected chi connectivity index (χ1v) is 10.4. The van der Waals surface area contributed by atoms with Gasteiger partial charge in [-0.05, 0) is 42.5 Å².